The molecule has 0 spiro atoms. The summed E-state index contributed by atoms with van der Waals surface area (Å²) < 4.78 is 4.45. The Kier molecular flexibility index (Phi) is 6.92. The van der Waals surface area contributed by atoms with Gasteiger partial charge in [0.15, 0.2) is 0 Å². The highest BCUT2D eigenvalue weighted by Gasteiger charge is 2.00. The number of rotatable bonds is 6. The highest BCUT2D eigenvalue weighted by Crippen LogP contribution is 2.05. The van der Waals surface area contributed by atoms with Crippen LogP contribution in [0.5, 0.6) is 0 Å². The predicted molar refractivity (Wildman–Crippen MR) is 55.4 cm³/mol. The molecule has 0 heterocycles. The van der Waals surface area contributed by atoms with Gasteiger partial charge in [-0.2, -0.15) is 11.8 Å². The summed E-state index contributed by atoms with van der Waals surface area (Å²) >= 11 is 1.50. The molecule has 0 atom stereocenters. The normalized spacial score (nSPS) is 11.1. The Hall–Kier alpha value is -0.970. The minimum atomic E-state index is -0.904. The molecule has 0 amide bonds. The Morgan fingerprint density at radius 2 is 2.14 bits per heavy atom. The van der Waals surface area contributed by atoms with E-state index in [1.165, 1.54) is 18.9 Å². The quantitative estimate of drug-likeness (QED) is 0.414. The van der Waals surface area contributed by atoms with Crippen LogP contribution >= 0.6 is 11.8 Å². The van der Waals surface area contributed by atoms with Crippen molar-refractivity contribution in [3.63, 3.8) is 0 Å². The van der Waals surface area contributed by atoms with Crippen LogP contribution in [-0.2, 0) is 14.3 Å². The van der Waals surface area contributed by atoms with Crippen LogP contribution in [0, 0.1) is 0 Å². The van der Waals surface area contributed by atoms with Crippen LogP contribution < -0.4 is 0 Å². The number of carbonyl (C=O) groups is 2. The van der Waals surface area contributed by atoms with Crippen LogP contribution in [0.4, 0.5) is 0 Å². The van der Waals surface area contributed by atoms with E-state index in [0.717, 1.165) is 0 Å². The molecule has 0 bridgehead atoms. The van der Waals surface area contributed by atoms with Crippen LogP contribution in [0.1, 0.15) is 13.3 Å². The second-order valence-electron chi connectivity index (χ2n) is 2.59. The average Bonchev–Trinajstić information content (AvgIpc) is 2.16. The number of carbonyl (C=O) groups excluding carboxylic acids is 1. The van der Waals surface area contributed by atoms with Crippen molar-refractivity contribution < 1.29 is 19.4 Å². The lowest BCUT2D eigenvalue weighted by Crippen LogP contribution is -2.01. The first kappa shape index (κ1) is 13.0. The van der Waals surface area contributed by atoms with Gasteiger partial charge in [-0.1, -0.05) is 6.08 Å². The van der Waals surface area contributed by atoms with Crippen molar-refractivity contribution in [1.82, 2.24) is 0 Å². The van der Waals surface area contributed by atoms with E-state index in [1.807, 2.05) is 0 Å². The maximum absolute atomic E-state index is 10.7. The smallest absolute Gasteiger partial charge is 0.330 e. The Bertz CT molecular complexity index is 235. The summed E-state index contributed by atoms with van der Waals surface area (Å²) in [6, 6.07) is 0. The molecule has 14 heavy (non-hydrogen) atoms. The lowest BCUT2D eigenvalue weighted by molar-refractivity contribution is -0.140. The predicted octanol–water partition coefficient (Wildman–Crippen LogP) is 1.31. The van der Waals surface area contributed by atoms with Crippen LogP contribution in [-0.4, -0.2) is 35.7 Å². The minimum Gasteiger partial charge on any atom is -0.478 e. The van der Waals surface area contributed by atoms with Gasteiger partial charge >= 0.3 is 11.9 Å². The molecule has 0 aromatic rings. The number of aliphatic carboxylic acids is 1. The summed E-state index contributed by atoms with van der Waals surface area (Å²) in [5.74, 6) is 0.112. The molecular formula is C9H14O4S. The molecule has 80 valence electrons. The molecule has 0 rings (SSSR count). The van der Waals surface area contributed by atoms with E-state index in [9.17, 15) is 9.59 Å². The van der Waals surface area contributed by atoms with E-state index in [0.29, 0.717) is 23.5 Å². The first-order valence-electron chi connectivity index (χ1n) is 4.12. The third-order valence-corrected chi connectivity index (χ3v) is 2.42. The topological polar surface area (TPSA) is 63.6 Å². The number of carboxylic acids is 1. The molecule has 0 aliphatic heterocycles. The molecule has 0 fully saturated rings. The van der Waals surface area contributed by atoms with E-state index in [4.69, 9.17) is 5.11 Å². The number of hydrogen-bond acceptors (Lipinski definition) is 4. The Morgan fingerprint density at radius 1 is 1.50 bits per heavy atom. The van der Waals surface area contributed by atoms with Gasteiger partial charge in [0, 0.05) is 17.1 Å². The third-order valence-electron chi connectivity index (χ3n) is 1.52. The van der Waals surface area contributed by atoms with Gasteiger partial charge in [0.2, 0.25) is 0 Å². The van der Waals surface area contributed by atoms with Gasteiger partial charge in [-0.15, -0.1) is 0 Å². The van der Waals surface area contributed by atoms with Gasteiger partial charge < -0.3 is 9.84 Å². The van der Waals surface area contributed by atoms with E-state index < -0.39 is 5.97 Å². The standard InChI is InChI=1S/C9H14O4S/c1-7(9(11)12)3-5-14-6-4-8(10)13-2/h3H,4-6H2,1-2H3,(H,11,12). The molecule has 0 aromatic carbocycles. The zero-order chi connectivity index (χ0) is 11.0. The summed E-state index contributed by atoms with van der Waals surface area (Å²) in [5.41, 5.74) is 0.329. The minimum absolute atomic E-state index is 0.239. The number of thioether (sulfide) groups is 1. The van der Waals surface area contributed by atoms with Crippen molar-refractivity contribution in [2.24, 2.45) is 0 Å². The highest BCUT2D eigenvalue weighted by atomic mass is 32.2. The Morgan fingerprint density at radius 3 is 2.64 bits per heavy atom. The zero-order valence-electron chi connectivity index (χ0n) is 8.28. The first-order chi connectivity index (χ1) is 6.57. The van der Waals surface area contributed by atoms with Gasteiger partial charge in [-0.3, -0.25) is 4.79 Å². The fourth-order valence-corrected chi connectivity index (χ4v) is 1.46. The van der Waals surface area contributed by atoms with Crippen molar-refractivity contribution in [3.05, 3.63) is 11.6 Å². The van der Waals surface area contributed by atoms with Gasteiger partial charge in [-0.05, 0) is 6.92 Å². The highest BCUT2D eigenvalue weighted by molar-refractivity contribution is 7.99. The maximum Gasteiger partial charge on any atom is 0.330 e. The molecule has 0 aliphatic rings. The fourth-order valence-electron chi connectivity index (χ4n) is 0.612. The number of ether oxygens (including phenoxy) is 1. The van der Waals surface area contributed by atoms with Crippen LogP contribution in [0.25, 0.3) is 0 Å². The van der Waals surface area contributed by atoms with Crippen molar-refractivity contribution in [3.8, 4) is 0 Å². The van der Waals surface area contributed by atoms with E-state index in [2.05, 4.69) is 4.74 Å². The largest absolute Gasteiger partial charge is 0.478 e. The second-order valence-corrected chi connectivity index (χ2v) is 3.74. The third kappa shape index (κ3) is 6.54. The molecule has 4 nitrogen and oxygen atoms in total. The summed E-state index contributed by atoms with van der Waals surface area (Å²) in [6.45, 7) is 1.54. The van der Waals surface area contributed by atoms with Crippen molar-refractivity contribution >= 4 is 23.7 Å². The zero-order valence-corrected chi connectivity index (χ0v) is 9.10. The fraction of sp³-hybridized carbons (Fsp3) is 0.556. The molecule has 0 saturated heterocycles. The van der Waals surface area contributed by atoms with Gasteiger partial charge in [0.25, 0.3) is 0 Å². The average molecular weight is 218 g/mol. The molecule has 0 aromatic heterocycles. The molecule has 5 heteroatoms. The summed E-state index contributed by atoms with van der Waals surface area (Å²) in [5, 5.41) is 8.51. The van der Waals surface area contributed by atoms with Crippen molar-refractivity contribution in [1.29, 1.82) is 0 Å². The first-order valence-corrected chi connectivity index (χ1v) is 5.28. The number of carboxylic acid groups (broad SMARTS) is 1. The maximum atomic E-state index is 10.7. The molecular weight excluding hydrogens is 204 g/mol. The SMILES string of the molecule is COC(=O)CCSCC=C(C)C(=O)O. The second kappa shape index (κ2) is 7.44. The van der Waals surface area contributed by atoms with Crippen LogP contribution in [0.15, 0.2) is 11.6 Å². The van der Waals surface area contributed by atoms with Crippen LogP contribution in [0.3, 0.4) is 0 Å². The lowest BCUT2D eigenvalue weighted by atomic mass is 10.3. The number of methoxy groups -OCH3 is 1. The van der Waals surface area contributed by atoms with E-state index in [1.54, 1.807) is 13.0 Å². The van der Waals surface area contributed by atoms with Crippen molar-refractivity contribution in [2.45, 2.75) is 13.3 Å². The molecule has 0 radical (unpaired) electrons. The van der Waals surface area contributed by atoms with Gasteiger partial charge in [-0.25, -0.2) is 4.79 Å². The molecule has 0 aliphatic carbocycles. The summed E-state index contributed by atoms with van der Waals surface area (Å²) in [6.07, 6.45) is 1.99. The Balaban J connectivity index is 3.51. The van der Waals surface area contributed by atoms with E-state index >= 15 is 0 Å². The van der Waals surface area contributed by atoms with E-state index in [-0.39, 0.29) is 5.97 Å². The summed E-state index contributed by atoms with van der Waals surface area (Å²) in [4.78, 5) is 21.0. The van der Waals surface area contributed by atoms with Crippen molar-refractivity contribution in [2.75, 3.05) is 18.6 Å². The van der Waals surface area contributed by atoms with Gasteiger partial charge in [0.1, 0.15) is 0 Å². The molecule has 0 unspecified atom stereocenters. The monoisotopic (exact) mass is 218 g/mol. The number of hydrogen-bond donors (Lipinski definition) is 1. The van der Waals surface area contributed by atoms with Crippen LogP contribution in [0.2, 0.25) is 0 Å². The molecule has 0 saturated carbocycles. The number of esters is 1. The Labute approximate surface area is 87.3 Å². The van der Waals surface area contributed by atoms with Gasteiger partial charge in [0.05, 0.1) is 13.5 Å². The summed E-state index contributed by atoms with van der Waals surface area (Å²) in [7, 11) is 1.35. The molecule has 1 N–H and O–H groups in total. The lowest BCUT2D eigenvalue weighted by Gasteiger charge is -1.98.